The maximum atomic E-state index is 12.5. The molecule has 1 heterocycles. The summed E-state index contributed by atoms with van der Waals surface area (Å²) in [4.78, 5) is 17.6. The van der Waals surface area contributed by atoms with Crippen molar-refractivity contribution >= 4 is 46.2 Å². The van der Waals surface area contributed by atoms with Gasteiger partial charge in [-0.25, -0.2) is 4.99 Å². The zero-order valence-corrected chi connectivity index (χ0v) is 21.7. The topological polar surface area (TPSA) is 59.9 Å². The van der Waals surface area contributed by atoms with Crippen LogP contribution in [-0.2, 0) is 4.79 Å². The SMILES string of the molecule is CCCCCCCCOc1c(Cl)cc(/C=C2/SC(=Nc3ccc(C)cc3)NC2=O)cc1OCC. The normalized spacial score (nSPS) is 15.7. The van der Waals surface area contributed by atoms with Crippen LogP contribution in [0.15, 0.2) is 46.3 Å². The van der Waals surface area contributed by atoms with Crippen LogP contribution in [0.2, 0.25) is 5.02 Å². The highest BCUT2D eigenvalue weighted by Crippen LogP contribution is 2.38. The molecule has 1 N–H and O–H groups in total. The van der Waals surface area contributed by atoms with E-state index in [0.29, 0.717) is 39.8 Å². The van der Waals surface area contributed by atoms with Crippen molar-refractivity contribution in [3.8, 4) is 11.5 Å². The number of benzene rings is 2. The molecule has 3 rings (SSSR count). The van der Waals surface area contributed by atoms with Crippen LogP contribution in [0.4, 0.5) is 5.69 Å². The second-order valence-electron chi connectivity index (χ2n) is 8.20. The van der Waals surface area contributed by atoms with Gasteiger partial charge in [-0.05, 0) is 67.9 Å². The Hall–Kier alpha value is -2.44. The molecule has 0 atom stereocenters. The second-order valence-corrected chi connectivity index (χ2v) is 9.63. The molecule has 0 spiro atoms. The summed E-state index contributed by atoms with van der Waals surface area (Å²) in [5.41, 5.74) is 2.73. The Kier molecular flexibility index (Phi) is 10.4. The quantitative estimate of drug-likeness (QED) is 0.240. The Morgan fingerprint density at radius 3 is 2.50 bits per heavy atom. The molecule has 7 heteroatoms. The van der Waals surface area contributed by atoms with E-state index in [1.165, 1.54) is 37.4 Å². The first-order chi connectivity index (χ1) is 16.5. The first-order valence-electron chi connectivity index (χ1n) is 12.0. The number of hydrogen-bond acceptors (Lipinski definition) is 5. The Balaban J connectivity index is 1.69. The Labute approximate surface area is 212 Å². The molecule has 5 nitrogen and oxygen atoms in total. The number of aryl methyl sites for hydroxylation is 1. The van der Waals surface area contributed by atoms with Crippen LogP contribution in [0.5, 0.6) is 11.5 Å². The predicted octanol–water partition coefficient (Wildman–Crippen LogP) is 7.68. The predicted molar refractivity (Wildman–Crippen MR) is 143 cm³/mol. The highest BCUT2D eigenvalue weighted by Gasteiger charge is 2.24. The Morgan fingerprint density at radius 2 is 1.76 bits per heavy atom. The molecular formula is C27H33ClN2O3S. The van der Waals surface area contributed by atoms with Crippen molar-refractivity contribution in [2.24, 2.45) is 4.99 Å². The van der Waals surface area contributed by atoms with E-state index in [0.717, 1.165) is 29.7 Å². The number of unbranched alkanes of at least 4 members (excludes halogenated alkanes) is 5. The number of amides is 1. The van der Waals surface area contributed by atoms with E-state index in [1.807, 2.05) is 44.2 Å². The second kappa shape index (κ2) is 13.4. The molecule has 1 amide bonds. The lowest BCUT2D eigenvalue weighted by Crippen LogP contribution is -2.19. The molecule has 1 aliphatic heterocycles. The van der Waals surface area contributed by atoms with E-state index in [9.17, 15) is 4.79 Å². The molecule has 182 valence electrons. The molecule has 0 aliphatic carbocycles. The van der Waals surface area contributed by atoms with Gasteiger partial charge < -0.3 is 14.8 Å². The Bertz CT molecular complexity index is 1030. The van der Waals surface area contributed by atoms with Gasteiger partial charge in [-0.3, -0.25) is 4.79 Å². The zero-order chi connectivity index (χ0) is 24.3. The van der Waals surface area contributed by atoms with E-state index >= 15 is 0 Å². The molecule has 0 unspecified atom stereocenters. The minimum atomic E-state index is -0.187. The summed E-state index contributed by atoms with van der Waals surface area (Å²) in [5.74, 6) is 0.961. The smallest absolute Gasteiger partial charge is 0.264 e. The van der Waals surface area contributed by atoms with Crippen LogP contribution < -0.4 is 14.8 Å². The van der Waals surface area contributed by atoms with Crippen molar-refractivity contribution in [2.45, 2.75) is 59.3 Å². The van der Waals surface area contributed by atoms with Gasteiger partial charge in [-0.15, -0.1) is 0 Å². The third kappa shape index (κ3) is 7.81. The molecule has 2 aromatic carbocycles. The fourth-order valence-corrected chi connectivity index (χ4v) is 4.61. The molecule has 0 saturated carbocycles. The number of thioether (sulfide) groups is 1. The maximum Gasteiger partial charge on any atom is 0.264 e. The summed E-state index contributed by atoms with van der Waals surface area (Å²) in [6.07, 6.45) is 8.95. The molecule has 34 heavy (non-hydrogen) atoms. The number of ether oxygens (including phenoxy) is 2. The van der Waals surface area contributed by atoms with E-state index in [1.54, 1.807) is 12.1 Å². The lowest BCUT2D eigenvalue weighted by atomic mass is 10.1. The number of amidine groups is 1. The highest BCUT2D eigenvalue weighted by atomic mass is 35.5. The number of carbonyl (C=O) groups is 1. The van der Waals surface area contributed by atoms with Gasteiger partial charge >= 0.3 is 0 Å². The summed E-state index contributed by atoms with van der Waals surface area (Å²) in [6.45, 7) is 7.26. The number of nitrogens with one attached hydrogen (secondary N) is 1. The van der Waals surface area contributed by atoms with Crippen LogP contribution in [0.3, 0.4) is 0 Å². The van der Waals surface area contributed by atoms with E-state index < -0.39 is 0 Å². The average molecular weight is 501 g/mol. The summed E-state index contributed by atoms with van der Waals surface area (Å²) in [7, 11) is 0. The largest absolute Gasteiger partial charge is 0.490 e. The summed E-state index contributed by atoms with van der Waals surface area (Å²) < 4.78 is 11.8. The number of halogens is 1. The monoisotopic (exact) mass is 500 g/mol. The van der Waals surface area contributed by atoms with Crippen LogP contribution in [0.25, 0.3) is 6.08 Å². The number of rotatable bonds is 12. The lowest BCUT2D eigenvalue weighted by Gasteiger charge is -2.14. The van der Waals surface area contributed by atoms with Gasteiger partial charge in [-0.2, -0.15) is 0 Å². The third-order valence-corrected chi connectivity index (χ3v) is 6.48. The average Bonchev–Trinajstić information content (AvgIpc) is 3.14. The van der Waals surface area contributed by atoms with Crippen molar-refractivity contribution in [2.75, 3.05) is 13.2 Å². The molecule has 0 bridgehead atoms. The van der Waals surface area contributed by atoms with Crippen molar-refractivity contribution < 1.29 is 14.3 Å². The molecule has 2 aromatic rings. The zero-order valence-electron chi connectivity index (χ0n) is 20.2. The van der Waals surface area contributed by atoms with Gasteiger partial charge in [0, 0.05) is 0 Å². The van der Waals surface area contributed by atoms with Crippen LogP contribution in [0.1, 0.15) is 63.5 Å². The van der Waals surface area contributed by atoms with E-state index in [2.05, 4.69) is 17.2 Å². The summed E-state index contributed by atoms with van der Waals surface area (Å²) >= 11 is 7.86. The van der Waals surface area contributed by atoms with Gasteiger partial charge in [0.1, 0.15) is 0 Å². The lowest BCUT2D eigenvalue weighted by molar-refractivity contribution is -0.115. The fraction of sp³-hybridized carbons (Fsp3) is 0.407. The van der Waals surface area contributed by atoms with Gasteiger partial charge in [0.2, 0.25) is 0 Å². The van der Waals surface area contributed by atoms with Crippen LogP contribution >= 0.6 is 23.4 Å². The number of hydrogen-bond donors (Lipinski definition) is 1. The van der Waals surface area contributed by atoms with Gasteiger partial charge in [0.15, 0.2) is 16.7 Å². The molecule has 1 aliphatic rings. The molecule has 1 saturated heterocycles. The fourth-order valence-electron chi connectivity index (χ4n) is 3.50. The number of nitrogens with zero attached hydrogens (tertiary/aromatic N) is 1. The van der Waals surface area contributed by atoms with Gasteiger partial charge in [-0.1, -0.05) is 68.3 Å². The van der Waals surface area contributed by atoms with Crippen LogP contribution in [0, 0.1) is 6.92 Å². The third-order valence-electron chi connectivity index (χ3n) is 5.29. The van der Waals surface area contributed by atoms with Crippen molar-refractivity contribution in [1.82, 2.24) is 5.32 Å². The molecule has 0 radical (unpaired) electrons. The standard InChI is InChI=1S/C27H33ClN2O3S/c1-4-6-7-8-9-10-15-33-25-22(28)16-20(17-23(25)32-5-2)18-24-26(31)30-27(34-24)29-21-13-11-19(3)12-14-21/h11-14,16-18H,4-10,15H2,1-3H3,(H,29,30,31)/b24-18+. The number of aliphatic imine (C=N–C) groups is 1. The summed E-state index contributed by atoms with van der Waals surface area (Å²) in [5, 5.41) is 3.85. The molecule has 0 aromatic heterocycles. The molecular weight excluding hydrogens is 468 g/mol. The molecule has 1 fully saturated rings. The van der Waals surface area contributed by atoms with Crippen molar-refractivity contribution in [3.63, 3.8) is 0 Å². The number of carbonyl (C=O) groups excluding carboxylic acids is 1. The van der Waals surface area contributed by atoms with Crippen LogP contribution in [-0.4, -0.2) is 24.3 Å². The van der Waals surface area contributed by atoms with E-state index in [4.69, 9.17) is 21.1 Å². The maximum absolute atomic E-state index is 12.5. The minimum Gasteiger partial charge on any atom is -0.490 e. The first kappa shape index (κ1) is 26.2. The van der Waals surface area contributed by atoms with Gasteiger partial charge in [0.05, 0.1) is 28.8 Å². The van der Waals surface area contributed by atoms with Gasteiger partial charge in [0.25, 0.3) is 5.91 Å². The summed E-state index contributed by atoms with van der Waals surface area (Å²) in [6, 6.07) is 11.5. The highest BCUT2D eigenvalue weighted by molar-refractivity contribution is 8.18. The minimum absolute atomic E-state index is 0.187. The first-order valence-corrected chi connectivity index (χ1v) is 13.1. The van der Waals surface area contributed by atoms with Crippen molar-refractivity contribution in [3.05, 3.63) is 57.5 Å². The Morgan fingerprint density at radius 1 is 1.03 bits per heavy atom. The van der Waals surface area contributed by atoms with E-state index in [-0.39, 0.29) is 5.91 Å². The van der Waals surface area contributed by atoms with Crippen molar-refractivity contribution in [1.29, 1.82) is 0 Å².